The van der Waals surface area contributed by atoms with Crippen molar-refractivity contribution in [1.82, 2.24) is 5.32 Å². The van der Waals surface area contributed by atoms with Crippen LogP contribution in [0, 0.1) is 5.82 Å². The first-order valence-electron chi connectivity index (χ1n) is 8.22. The fourth-order valence-corrected chi connectivity index (χ4v) is 2.97. The Kier molecular flexibility index (Phi) is 6.51. The third kappa shape index (κ3) is 4.98. The first-order chi connectivity index (χ1) is 12.6. The Morgan fingerprint density at radius 2 is 1.50 bits per heavy atom. The molecule has 3 aromatic rings. The van der Waals surface area contributed by atoms with Crippen molar-refractivity contribution >= 4 is 23.2 Å². The van der Waals surface area contributed by atoms with Crippen LogP contribution in [-0.4, -0.2) is 0 Å². The van der Waals surface area contributed by atoms with E-state index < -0.39 is 0 Å². The largest absolute Gasteiger partial charge is 0.488 e. The lowest BCUT2D eigenvalue weighted by atomic mass is 10.1. The molecule has 2 nitrogen and oxygen atoms in total. The lowest BCUT2D eigenvalue weighted by molar-refractivity contribution is 0.296. The van der Waals surface area contributed by atoms with E-state index in [4.69, 9.17) is 27.9 Å². The van der Waals surface area contributed by atoms with Gasteiger partial charge in [0.1, 0.15) is 18.2 Å². The van der Waals surface area contributed by atoms with E-state index >= 15 is 0 Å². The summed E-state index contributed by atoms with van der Waals surface area (Å²) in [6.45, 7) is 1.34. The summed E-state index contributed by atoms with van der Waals surface area (Å²) in [5, 5.41) is 4.69. The summed E-state index contributed by atoms with van der Waals surface area (Å²) in [4.78, 5) is 0. The van der Waals surface area contributed by atoms with Crippen LogP contribution in [0.4, 0.5) is 4.39 Å². The highest BCUT2D eigenvalue weighted by Crippen LogP contribution is 2.24. The van der Waals surface area contributed by atoms with Gasteiger partial charge in [-0.1, -0.05) is 59.6 Å². The molecule has 134 valence electrons. The van der Waals surface area contributed by atoms with Gasteiger partial charge in [-0.25, -0.2) is 4.39 Å². The van der Waals surface area contributed by atoms with Gasteiger partial charge < -0.3 is 10.1 Å². The summed E-state index contributed by atoms with van der Waals surface area (Å²) in [5.41, 5.74) is 2.43. The van der Waals surface area contributed by atoms with Gasteiger partial charge in [0.15, 0.2) is 0 Å². The van der Waals surface area contributed by atoms with Crippen molar-refractivity contribution in [3.63, 3.8) is 0 Å². The van der Waals surface area contributed by atoms with E-state index in [2.05, 4.69) is 5.32 Å². The molecule has 0 fully saturated rings. The van der Waals surface area contributed by atoms with E-state index in [9.17, 15) is 4.39 Å². The van der Waals surface area contributed by atoms with Crippen LogP contribution in [0.1, 0.15) is 16.7 Å². The van der Waals surface area contributed by atoms with Crippen LogP contribution in [0.5, 0.6) is 5.75 Å². The lowest BCUT2D eigenvalue weighted by Crippen LogP contribution is -2.14. The van der Waals surface area contributed by atoms with Gasteiger partial charge in [0.05, 0.1) is 0 Å². The van der Waals surface area contributed by atoms with Gasteiger partial charge in [-0.05, 0) is 35.9 Å². The molecule has 0 aliphatic rings. The maximum absolute atomic E-state index is 13.8. The summed E-state index contributed by atoms with van der Waals surface area (Å²) in [5.74, 6) is 0.393. The number of halogens is 3. The van der Waals surface area contributed by atoms with Crippen molar-refractivity contribution in [2.24, 2.45) is 0 Å². The molecule has 0 amide bonds. The van der Waals surface area contributed by atoms with Gasteiger partial charge in [-0.3, -0.25) is 0 Å². The molecule has 0 aliphatic heterocycles. The molecule has 0 radical (unpaired) electrons. The minimum absolute atomic E-state index is 0.159. The van der Waals surface area contributed by atoms with E-state index in [1.807, 2.05) is 30.3 Å². The minimum Gasteiger partial charge on any atom is -0.488 e. The fourth-order valence-electron chi connectivity index (χ4n) is 2.57. The quantitative estimate of drug-likeness (QED) is 0.534. The molecule has 1 N–H and O–H groups in total. The zero-order valence-electron chi connectivity index (χ0n) is 14.0. The summed E-state index contributed by atoms with van der Waals surface area (Å²) in [6.07, 6.45) is 0. The predicted octanol–water partition coefficient (Wildman–Crippen LogP) is 6.00. The van der Waals surface area contributed by atoms with Gasteiger partial charge in [-0.15, -0.1) is 0 Å². The van der Waals surface area contributed by atoms with Gasteiger partial charge in [0.2, 0.25) is 0 Å². The molecule has 3 aromatic carbocycles. The smallest absolute Gasteiger partial charge is 0.129 e. The molecule has 3 rings (SSSR count). The second kappa shape index (κ2) is 9.04. The number of hydrogen-bond acceptors (Lipinski definition) is 2. The highest BCUT2D eigenvalue weighted by molar-refractivity contribution is 6.31. The van der Waals surface area contributed by atoms with Crippen LogP contribution in [0.15, 0.2) is 66.7 Å². The normalized spacial score (nSPS) is 10.7. The highest BCUT2D eigenvalue weighted by atomic mass is 35.5. The van der Waals surface area contributed by atoms with Crippen LogP contribution >= 0.6 is 23.2 Å². The Bertz CT molecular complexity index is 885. The third-order valence-electron chi connectivity index (χ3n) is 3.95. The molecule has 0 aromatic heterocycles. The minimum atomic E-state index is -0.278. The van der Waals surface area contributed by atoms with Gasteiger partial charge in [0, 0.05) is 34.3 Å². The van der Waals surface area contributed by atoms with Gasteiger partial charge in [0.25, 0.3) is 0 Å². The maximum Gasteiger partial charge on any atom is 0.129 e. The first-order valence-corrected chi connectivity index (χ1v) is 8.98. The summed E-state index contributed by atoms with van der Waals surface area (Å²) < 4.78 is 19.6. The van der Waals surface area contributed by atoms with Crippen LogP contribution < -0.4 is 10.1 Å². The Hall–Kier alpha value is -2.07. The lowest BCUT2D eigenvalue weighted by Gasteiger charge is -2.13. The Morgan fingerprint density at radius 1 is 0.808 bits per heavy atom. The van der Waals surface area contributed by atoms with Crippen LogP contribution in [0.25, 0.3) is 0 Å². The first kappa shape index (κ1) is 18.7. The average Bonchev–Trinajstić information content (AvgIpc) is 2.64. The van der Waals surface area contributed by atoms with Crippen LogP contribution in [0.2, 0.25) is 10.0 Å². The third-order valence-corrected chi connectivity index (χ3v) is 4.56. The van der Waals surface area contributed by atoms with Crippen molar-refractivity contribution in [3.8, 4) is 5.75 Å². The Morgan fingerprint density at radius 3 is 2.27 bits per heavy atom. The fraction of sp³-hybridized carbons (Fsp3) is 0.143. The van der Waals surface area contributed by atoms with Crippen LogP contribution in [-0.2, 0) is 19.7 Å². The summed E-state index contributed by atoms with van der Waals surface area (Å²) in [6, 6.07) is 19.7. The molecular formula is C21H18Cl2FNO. The molecule has 0 saturated carbocycles. The molecule has 0 atom stereocenters. The van der Waals surface area contributed by atoms with Crippen molar-refractivity contribution in [3.05, 3.63) is 99.3 Å². The topological polar surface area (TPSA) is 21.3 Å². The van der Waals surface area contributed by atoms with Crippen molar-refractivity contribution < 1.29 is 9.13 Å². The highest BCUT2D eigenvalue weighted by Gasteiger charge is 2.08. The van der Waals surface area contributed by atoms with E-state index in [1.54, 1.807) is 30.3 Å². The number of ether oxygens (including phenoxy) is 1. The molecule has 26 heavy (non-hydrogen) atoms. The summed E-state index contributed by atoms with van der Waals surface area (Å²) in [7, 11) is 0. The number of nitrogens with one attached hydrogen (secondary N) is 1. The molecule has 0 aliphatic carbocycles. The zero-order chi connectivity index (χ0) is 18.4. The SMILES string of the molecule is Fc1ccccc1COc1ccc(Cl)cc1CNCc1ccccc1Cl. The average molecular weight is 390 g/mol. The van der Waals surface area contributed by atoms with Crippen LogP contribution in [0.3, 0.4) is 0 Å². The molecule has 5 heteroatoms. The molecule has 0 heterocycles. The molecule has 0 saturated heterocycles. The van der Waals surface area contributed by atoms with Crippen molar-refractivity contribution in [1.29, 1.82) is 0 Å². The molecular weight excluding hydrogens is 372 g/mol. The zero-order valence-corrected chi connectivity index (χ0v) is 15.5. The van der Waals surface area contributed by atoms with Crippen molar-refractivity contribution in [2.75, 3.05) is 0 Å². The van der Waals surface area contributed by atoms with E-state index in [1.165, 1.54) is 6.07 Å². The van der Waals surface area contributed by atoms with Gasteiger partial charge >= 0.3 is 0 Å². The standard InChI is InChI=1S/C21H18Cl2FNO/c22-18-9-10-21(26-14-16-6-2-4-8-20(16)24)17(11-18)13-25-12-15-5-1-3-7-19(15)23/h1-11,25H,12-14H2. The Labute approximate surface area is 162 Å². The van der Waals surface area contributed by atoms with Crippen molar-refractivity contribution in [2.45, 2.75) is 19.7 Å². The molecule has 0 bridgehead atoms. The monoisotopic (exact) mass is 389 g/mol. The van der Waals surface area contributed by atoms with E-state index in [0.717, 1.165) is 16.1 Å². The van der Waals surface area contributed by atoms with Gasteiger partial charge in [-0.2, -0.15) is 0 Å². The Balaban J connectivity index is 1.66. The predicted molar refractivity (Wildman–Crippen MR) is 104 cm³/mol. The summed E-state index contributed by atoms with van der Waals surface area (Å²) >= 11 is 12.3. The number of benzene rings is 3. The van der Waals surface area contributed by atoms with E-state index in [-0.39, 0.29) is 12.4 Å². The second-order valence-electron chi connectivity index (χ2n) is 5.83. The second-order valence-corrected chi connectivity index (χ2v) is 6.67. The molecule has 0 unspecified atom stereocenters. The number of rotatable bonds is 7. The number of hydrogen-bond donors (Lipinski definition) is 1. The maximum atomic E-state index is 13.8. The molecule has 0 spiro atoms. The van der Waals surface area contributed by atoms with E-state index in [0.29, 0.717) is 29.4 Å².